The van der Waals surface area contributed by atoms with E-state index in [1.54, 1.807) is 6.92 Å². The van der Waals surface area contributed by atoms with Crippen molar-refractivity contribution in [3.05, 3.63) is 24.0 Å². The molecule has 2 unspecified atom stereocenters. The van der Waals surface area contributed by atoms with Crippen LogP contribution in [-0.4, -0.2) is 51.6 Å². The number of hydrogen-bond donors (Lipinski definition) is 2. The van der Waals surface area contributed by atoms with Crippen LogP contribution in [0.1, 0.15) is 27.7 Å². The molecule has 25 heavy (non-hydrogen) atoms. The molecule has 0 radical (unpaired) electrons. The van der Waals surface area contributed by atoms with Crippen LogP contribution in [0.2, 0.25) is 0 Å². The minimum Gasteiger partial charge on any atom is -0.311 e. The molecule has 0 bridgehead atoms. The Morgan fingerprint density at radius 1 is 1.24 bits per heavy atom. The maximum Gasteiger partial charge on any atom is 0.243 e. The van der Waals surface area contributed by atoms with E-state index in [1.807, 2.05) is 6.92 Å². The Labute approximate surface area is 148 Å². The predicted octanol–water partition coefficient (Wildman–Crippen LogP) is 1.35. The van der Waals surface area contributed by atoms with Gasteiger partial charge in [-0.15, -0.1) is 0 Å². The first kappa shape index (κ1) is 20.1. The van der Waals surface area contributed by atoms with Crippen LogP contribution in [0.4, 0.5) is 10.1 Å². The molecule has 1 aliphatic rings. The van der Waals surface area contributed by atoms with E-state index in [9.17, 15) is 21.2 Å². The van der Waals surface area contributed by atoms with E-state index in [1.165, 1.54) is 24.2 Å². The standard InChI is InChI=1S/C15H24FN3O4S2/c1-10(2)24(20,21)18-15-6-5-13(9-14(15)16)25(22,23)19-8-7-17-11(3)12(19)4/h5-6,9-12,17-18H,7-8H2,1-4H3. The second-order valence-corrected chi connectivity index (χ2v) is 10.6. The van der Waals surface area contributed by atoms with Crippen molar-refractivity contribution in [3.63, 3.8) is 0 Å². The number of halogens is 1. The minimum atomic E-state index is -3.87. The summed E-state index contributed by atoms with van der Waals surface area (Å²) in [5.74, 6) is -0.930. The monoisotopic (exact) mass is 393 g/mol. The van der Waals surface area contributed by atoms with Crippen molar-refractivity contribution in [2.45, 2.75) is 49.9 Å². The summed E-state index contributed by atoms with van der Waals surface area (Å²) in [7, 11) is -7.58. The molecule has 1 aromatic rings. The maximum atomic E-state index is 14.3. The summed E-state index contributed by atoms with van der Waals surface area (Å²) in [5.41, 5.74) is -0.269. The summed E-state index contributed by atoms with van der Waals surface area (Å²) in [5, 5.41) is 2.45. The molecule has 0 spiro atoms. The minimum absolute atomic E-state index is 0.0227. The third kappa shape index (κ3) is 4.13. The van der Waals surface area contributed by atoms with Crippen molar-refractivity contribution in [2.75, 3.05) is 17.8 Å². The molecule has 1 aliphatic heterocycles. The topological polar surface area (TPSA) is 95.6 Å². The molecular weight excluding hydrogens is 369 g/mol. The lowest BCUT2D eigenvalue weighted by molar-refractivity contribution is 0.233. The molecule has 2 rings (SSSR count). The number of rotatable bonds is 5. The van der Waals surface area contributed by atoms with Gasteiger partial charge < -0.3 is 5.32 Å². The average Bonchev–Trinajstić information content (AvgIpc) is 2.51. The molecule has 0 aromatic heterocycles. The quantitative estimate of drug-likeness (QED) is 0.787. The first-order valence-electron chi connectivity index (χ1n) is 8.03. The lowest BCUT2D eigenvalue weighted by atomic mass is 10.1. The smallest absolute Gasteiger partial charge is 0.243 e. The largest absolute Gasteiger partial charge is 0.311 e. The number of benzene rings is 1. The third-order valence-corrected chi connectivity index (χ3v) is 8.12. The average molecular weight is 394 g/mol. The summed E-state index contributed by atoms with van der Waals surface area (Å²) < 4.78 is 67.1. The molecular formula is C15H24FN3O4S2. The van der Waals surface area contributed by atoms with Crippen LogP contribution in [0.3, 0.4) is 0 Å². The highest BCUT2D eigenvalue weighted by Crippen LogP contribution is 2.25. The number of anilines is 1. The van der Waals surface area contributed by atoms with Gasteiger partial charge >= 0.3 is 0 Å². The van der Waals surface area contributed by atoms with Crippen molar-refractivity contribution < 1.29 is 21.2 Å². The number of nitrogens with zero attached hydrogens (tertiary/aromatic N) is 1. The van der Waals surface area contributed by atoms with Crippen molar-refractivity contribution in [1.82, 2.24) is 9.62 Å². The summed E-state index contributed by atoms with van der Waals surface area (Å²) in [6.45, 7) is 7.40. The van der Waals surface area contributed by atoms with Gasteiger partial charge in [0.2, 0.25) is 20.0 Å². The zero-order valence-corrected chi connectivity index (χ0v) is 16.3. The van der Waals surface area contributed by atoms with E-state index in [2.05, 4.69) is 10.0 Å². The summed E-state index contributed by atoms with van der Waals surface area (Å²) >= 11 is 0. The molecule has 1 aromatic carbocycles. The number of sulfonamides is 2. The Kier molecular flexibility index (Phi) is 5.77. The molecule has 0 aliphatic carbocycles. The highest BCUT2D eigenvalue weighted by molar-refractivity contribution is 7.93. The second-order valence-electron chi connectivity index (χ2n) is 6.44. The molecule has 0 saturated carbocycles. The molecule has 7 nitrogen and oxygen atoms in total. The zero-order valence-electron chi connectivity index (χ0n) is 14.7. The lowest BCUT2D eigenvalue weighted by Gasteiger charge is -2.37. The Morgan fingerprint density at radius 2 is 1.88 bits per heavy atom. The molecule has 0 amide bonds. The van der Waals surface area contributed by atoms with E-state index in [0.717, 1.165) is 12.1 Å². The maximum absolute atomic E-state index is 14.3. The van der Waals surface area contributed by atoms with E-state index in [0.29, 0.717) is 6.54 Å². The van der Waals surface area contributed by atoms with Crippen molar-refractivity contribution in [2.24, 2.45) is 0 Å². The van der Waals surface area contributed by atoms with E-state index in [4.69, 9.17) is 0 Å². The molecule has 1 saturated heterocycles. The van der Waals surface area contributed by atoms with Crippen LogP contribution in [-0.2, 0) is 20.0 Å². The van der Waals surface area contributed by atoms with E-state index < -0.39 is 31.1 Å². The van der Waals surface area contributed by atoms with Gasteiger partial charge in [-0.1, -0.05) is 0 Å². The fourth-order valence-electron chi connectivity index (χ4n) is 2.51. The van der Waals surface area contributed by atoms with Crippen molar-refractivity contribution in [3.8, 4) is 0 Å². The van der Waals surface area contributed by atoms with Crippen LogP contribution in [0, 0.1) is 5.82 Å². The van der Waals surface area contributed by atoms with E-state index >= 15 is 0 Å². The van der Waals surface area contributed by atoms with Gasteiger partial charge in [-0.25, -0.2) is 21.2 Å². The number of nitrogens with one attached hydrogen (secondary N) is 2. The van der Waals surface area contributed by atoms with Crippen LogP contribution in [0.25, 0.3) is 0 Å². The van der Waals surface area contributed by atoms with Gasteiger partial charge in [0, 0.05) is 25.2 Å². The fraction of sp³-hybridized carbons (Fsp3) is 0.600. The summed E-state index contributed by atoms with van der Waals surface area (Å²) in [6, 6.07) is 2.91. The van der Waals surface area contributed by atoms with Crippen molar-refractivity contribution >= 4 is 25.7 Å². The Hall–Kier alpha value is -1.23. The molecule has 1 heterocycles. The number of piperazine rings is 1. The van der Waals surface area contributed by atoms with Gasteiger partial charge in [-0.05, 0) is 45.9 Å². The van der Waals surface area contributed by atoms with Gasteiger partial charge in [0.15, 0.2) is 0 Å². The number of hydrogen-bond acceptors (Lipinski definition) is 5. The Balaban J connectivity index is 2.33. The van der Waals surface area contributed by atoms with Gasteiger partial charge in [-0.3, -0.25) is 4.72 Å². The Morgan fingerprint density at radius 3 is 2.44 bits per heavy atom. The fourth-order valence-corrected chi connectivity index (χ4v) is 4.93. The van der Waals surface area contributed by atoms with Gasteiger partial charge in [0.1, 0.15) is 5.82 Å². The molecule has 1 fully saturated rings. The van der Waals surface area contributed by atoms with E-state index in [-0.39, 0.29) is 29.2 Å². The highest BCUT2D eigenvalue weighted by Gasteiger charge is 2.34. The SMILES string of the molecule is CC1NCCN(S(=O)(=O)c2ccc(NS(=O)(=O)C(C)C)c(F)c2)C1C. The van der Waals surface area contributed by atoms with Crippen LogP contribution < -0.4 is 10.0 Å². The van der Waals surface area contributed by atoms with Gasteiger partial charge in [0.25, 0.3) is 0 Å². The molecule has 142 valence electrons. The summed E-state index contributed by atoms with van der Waals surface area (Å²) in [6.07, 6.45) is 0. The third-order valence-electron chi connectivity index (χ3n) is 4.40. The van der Waals surface area contributed by atoms with Gasteiger partial charge in [-0.2, -0.15) is 4.31 Å². The molecule has 2 atom stereocenters. The first-order chi connectivity index (χ1) is 11.5. The second kappa shape index (κ2) is 7.18. The first-order valence-corrected chi connectivity index (χ1v) is 11.0. The van der Waals surface area contributed by atoms with Gasteiger partial charge in [0.05, 0.1) is 15.8 Å². The normalized spacial score (nSPS) is 23.0. The highest BCUT2D eigenvalue weighted by atomic mass is 32.2. The molecule has 2 N–H and O–H groups in total. The summed E-state index contributed by atoms with van der Waals surface area (Å²) in [4.78, 5) is -0.196. The van der Waals surface area contributed by atoms with Crippen LogP contribution >= 0.6 is 0 Å². The van der Waals surface area contributed by atoms with Crippen LogP contribution in [0.15, 0.2) is 23.1 Å². The Bertz CT molecular complexity index is 840. The predicted molar refractivity (Wildman–Crippen MR) is 94.9 cm³/mol. The zero-order chi connectivity index (χ0) is 19.0. The lowest BCUT2D eigenvalue weighted by Crippen LogP contribution is -2.57. The van der Waals surface area contributed by atoms with Crippen molar-refractivity contribution in [1.29, 1.82) is 0 Å². The molecule has 10 heteroatoms. The van der Waals surface area contributed by atoms with Crippen LogP contribution in [0.5, 0.6) is 0 Å².